The fraction of sp³-hybridized carbons (Fsp3) is 0.278. The molecule has 0 amide bonds. The topological polar surface area (TPSA) is 33.3 Å². The van der Waals surface area contributed by atoms with Gasteiger partial charge in [-0.1, -0.05) is 18.2 Å². The molecule has 0 radical (unpaired) electrons. The number of rotatable bonds is 7. The first-order valence-corrected chi connectivity index (χ1v) is 8.10. The zero-order valence-corrected chi connectivity index (χ0v) is 14.0. The molecule has 0 saturated heterocycles. The average Bonchev–Trinajstić information content (AvgIpc) is 2.53. The summed E-state index contributed by atoms with van der Waals surface area (Å²) in [4.78, 5) is 0. The van der Waals surface area contributed by atoms with E-state index in [2.05, 4.69) is 22.8 Å². The van der Waals surface area contributed by atoms with Gasteiger partial charge in [0, 0.05) is 12.2 Å². The highest BCUT2D eigenvalue weighted by Crippen LogP contribution is 2.13. The van der Waals surface area contributed by atoms with Gasteiger partial charge in [0.05, 0.1) is 6.61 Å². The normalized spacial score (nSPS) is 10.2. The quantitative estimate of drug-likeness (QED) is 0.590. The lowest BCUT2D eigenvalue weighted by Crippen LogP contribution is -2.29. The first kappa shape index (κ1) is 17.2. The summed E-state index contributed by atoms with van der Waals surface area (Å²) in [6.07, 6.45) is 1.92. The van der Waals surface area contributed by atoms with Crippen LogP contribution in [0, 0.1) is 5.82 Å². The zero-order chi connectivity index (χ0) is 16.5. The molecule has 0 atom stereocenters. The highest BCUT2D eigenvalue weighted by molar-refractivity contribution is 7.80. The van der Waals surface area contributed by atoms with Crippen LogP contribution in [0.15, 0.2) is 48.5 Å². The lowest BCUT2D eigenvalue weighted by Gasteiger charge is -2.10. The molecule has 5 heteroatoms. The number of thiocarbonyl (C=S) groups is 1. The van der Waals surface area contributed by atoms with E-state index in [4.69, 9.17) is 17.0 Å². The van der Waals surface area contributed by atoms with Crippen LogP contribution < -0.4 is 15.4 Å². The van der Waals surface area contributed by atoms with Crippen LogP contribution in [-0.4, -0.2) is 18.3 Å². The van der Waals surface area contributed by atoms with Crippen molar-refractivity contribution in [1.82, 2.24) is 5.32 Å². The minimum atomic E-state index is -0.284. The van der Waals surface area contributed by atoms with Gasteiger partial charge in [-0.3, -0.25) is 0 Å². The summed E-state index contributed by atoms with van der Waals surface area (Å²) in [5, 5.41) is 6.59. The Balaban J connectivity index is 1.67. The summed E-state index contributed by atoms with van der Waals surface area (Å²) >= 11 is 5.19. The van der Waals surface area contributed by atoms with Crippen molar-refractivity contribution in [3.63, 3.8) is 0 Å². The van der Waals surface area contributed by atoms with Crippen molar-refractivity contribution in [2.45, 2.75) is 19.8 Å². The van der Waals surface area contributed by atoms with E-state index >= 15 is 0 Å². The fourth-order valence-electron chi connectivity index (χ4n) is 2.15. The van der Waals surface area contributed by atoms with E-state index in [9.17, 15) is 4.39 Å². The summed E-state index contributed by atoms with van der Waals surface area (Å²) in [5.74, 6) is 0.614. The van der Waals surface area contributed by atoms with E-state index in [0.717, 1.165) is 25.1 Å². The van der Waals surface area contributed by atoms with E-state index in [1.54, 1.807) is 12.1 Å². The number of anilines is 1. The molecule has 0 unspecified atom stereocenters. The largest absolute Gasteiger partial charge is 0.494 e. The van der Waals surface area contributed by atoms with Gasteiger partial charge in [-0.25, -0.2) is 4.39 Å². The predicted molar refractivity (Wildman–Crippen MR) is 96.6 cm³/mol. The van der Waals surface area contributed by atoms with Crippen molar-refractivity contribution < 1.29 is 9.13 Å². The third-order valence-corrected chi connectivity index (χ3v) is 3.49. The van der Waals surface area contributed by atoms with Crippen LogP contribution in [0.1, 0.15) is 18.9 Å². The first-order valence-electron chi connectivity index (χ1n) is 7.69. The Morgan fingerprint density at radius 2 is 1.96 bits per heavy atom. The minimum absolute atomic E-state index is 0.284. The van der Waals surface area contributed by atoms with Gasteiger partial charge in [0.25, 0.3) is 0 Å². The molecule has 0 aliphatic heterocycles. The molecule has 0 aliphatic carbocycles. The lowest BCUT2D eigenvalue weighted by molar-refractivity contribution is 0.340. The molecule has 23 heavy (non-hydrogen) atoms. The van der Waals surface area contributed by atoms with Crippen molar-refractivity contribution in [2.75, 3.05) is 18.5 Å². The second-order valence-electron chi connectivity index (χ2n) is 5.07. The van der Waals surface area contributed by atoms with Gasteiger partial charge >= 0.3 is 0 Å². The number of halogens is 1. The second kappa shape index (κ2) is 9.10. The summed E-state index contributed by atoms with van der Waals surface area (Å²) in [7, 11) is 0. The first-order chi connectivity index (χ1) is 11.2. The molecule has 2 N–H and O–H groups in total. The smallest absolute Gasteiger partial charge is 0.170 e. The lowest BCUT2D eigenvalue weighted by atomic mass is 10.1. The van der Waals surface area contributed by atoms with Crippen LogP contribution in [0.3, 0.4) is 0 Å². The van der Waals surface area contributed by atoms with Crippen LogP contribution in [-0.2, 0) is 6.42 Å². The Bertz CT molecular complexity index is 631. The summed E-state index contributed by atoms with van der Waals surface area (Å²) in [6.45, 7) is 3.41. The van der Waals surface area contributed by atoms with Crippen LogP contribution in [0.5, 0.6) is 5.75 Å². The Kier molecular flexibility index (Phi) is 6.81. The SMILES string of the molecule is CCOc1ccc(CCCNC(=S)Nc2cccc(F)c2)cc1. The molecule has 2 aromatic carbocycles. The maximum absolute atomic E-state index is 13.1. The van der Waals surface area contributed by atoms with E-state index in [1.165, 1.54) is 17.7 Å². The second-order valence-corrected chi connectivity index (χ2v) is 5.48. The Labute approximate surface area is 141 Å². The Hall–Kier alpha value is -2.14. The molecule has 0 aromatic heterocycles. The van der Waals surface area contributed by atoms with E-state index in [0.29, 0.717) is 17.4 Å². The fourth-order valence-corrected chi connectivity index (χ4v) is 2.37. The van der Waals surface area contributed by atoms with E-state index < -0.39 is 0 Å². The third kappa shape index (κ3) is 6.24. The molecule has 0 heterocycles. The van der Waals surface area contributed by atoms with Crippen molar-refractivity contribution >= 4 is 23.0 Å². The van der Waals surface area contributed by atoms with Gasteiger partial charge in [0.1, 0.15) is 11.6 Å². The molecular formula is C18H21FN2OS. The molecule has 2 aromatic rings. The van der Waals surface area contributed by atoms with Crippen molar-refractivity contribution in [2.24, 2.45) is 0 Å². The molecule has 122 valence electrons. The monoisotopic (exact) mass is 332 g/mol. The molecule has 0 aliphatic rings. The molecule has 0 bridgehead atoms. The Morgan fingerprint density at radius 3 is 2.65 bits per heavy atom. The van der Waals surface area contributed by atoms with Crippen molar-refractivity contribution in [3.05, 3.63) is 59.9 Å². The number of ether oxygens (including phenoxy) is 1. The maximum atomic E-state index is 13.1. The zero-order valence-electron chi connectivity index (χ0n) is 13.1. The molecule has 3 nitrogen and oxygen atoms in total. The molecule has 0 fully saturated rings. The molecular weight excluding hydrogens is 311 g/mol. The van der Waals surface area contributed by atoms with Crippen LogP contribution >= 0.6 is 12.2 Å². The van der Waals surface area contributed by atoms with Crippen LogP contribution in [0.2, 0.25) is 0 Å². The summed E-state index contributed by atoms with van der Waals surface area (Å²) < 4.78 is 18.5. The average molecular weight is 332 g/mol. The predicted octanol–water partition coefficient (Wildman–Crippen LogP) is 4.14. The highest BCUT2D eigenvalue weighted by atomic mass is 32.1. The summed E-state index contributed by atoms with van der Waals surface area (Å²) in [6, 6.07) is 14.4. The number of benzene rings is 2. The van der Waals surface area contributed by atoms with Crippen molar-refractivity contribution in [1.29, 1.82) is 0 Å². The van der Waals surface area contributed by atoms with Crippen molar-refractivity contribution in [3.8, 4) is 5.75 Å². The van der Waals surface area contributed by atoms with E-state index in [-0.39, 0.29) is 5.82 Å². The molecule has 0 spiro atoms. The van der Waals surface area contributed by atoms with Crippen LogP contribution in [0.25, 0.3) is 0 Å². The van der Waals surface area contributed by atoms with Gasteiger partial charge in [0.2, 0.25) is 0 Å². The highest BCUT2D eigenvalue weighted by Gasteiger charge is 1.99. The number of nitrogens with one attached hydrogen (secondary N) is 2. The number of hydrogen-bond acceptors (Lipinski definition) is 2. The third-order valence-electron chi connectivity index (χ3n) is 3.24. The Morgan fingerprint density at radius 1 is 1.17 bits per heavy atom. The number of aryl methyl sites for hydroxylation is 1. The van der Waals surface area contributed by atoms with Gasteiger partial charge in [-0.05, 0) is 67.9 Å². The maximum Gasteiger partial charge on any atom is 0.170 e. The summed E-state index contributed by atoms with van der Waals surface area (Å²) in [5.41, 5.74) is 1.91. The van der Waals surface area contributed by atoms with Gasteiger partial charge in [-0.2, -0.15) is 0 Å². The standard InChI is InChI=1S/C18H21FN2OS/c1-2-22-17-10-8-14(9-11-17)5-4-12-20-18(23)21-16-7-3-6-15(19)13-16/h3,6-11,13H,2,4-5,12H2,1H3,(H2,20,21,23). The van der Waals surface area contributed by atoms with Crippen LogP contribution in [0.4, 0.5) is 10.1 Å². The van der Waals surface area contributed by atoms with Gasteiger partial charge in [0.15, 0.2) is 5.11 Å². The molecule has 0 saturated carbocycles. The number of hydrogen-bond donors (Lipinski definition) is 2. The minimum Gasteiger partial charge on any atom is -0.494 e. The van der Waals surface area contributed by atoms with Gasteiger partial charge in [-0.15, -0.1) is 0 Å². The molecule has 2 rings (SSSR count). The van der Waals surface area contributed by atoms with Gasteiger partial charge < -0.3 is 15.4 Å². The van der Waals surface area contributed by atoms with E-state index in [1.807, 2.05) is 19.1 Å².